The molecule has 2 aromatic carbocycles. The number of thiophene rings is 1. The van der Waals surface area contributed by atoms with Crippen LogP contribution in [0.1, 0.15) is 4.88 Å². The Hall–Kier alpha value is -3.45. The summed E-state index contributed by atoms with van der Waals surface area (Å²) >= 11 is 1.01. The van der Waals surface area contributed by atoms with Gasteiger partial charge in [-0.1, -0.05) is 29.5 Å². The molecule has 0 atom stereocenters. The predicted molar refractivity (Wildman–Crippen MR) is 102 cm³/mol. The number of hydrogen-bond donors (Lipinski definition) is 1. The highest BCUT2D eigenvalue weighted by Crippen LogP contribution is 2.25. The molecule has 0 saturated heterocycles. The van der Waals surface area contributed by atoms with E-state index in [1.807, 2.05) is 30.3 Å². The Balaban J connectivity index is 1.57. The number of anilines is 1. The maximum Gasteiger partial charge on any atom is 0.324 e. The van der Waals surface area contributed by atoms with Gasteiger partial charge in [0.05, 0.1) is 4.92 Å². The standard InChI is InChI=1S/C19H14N2O4S/c22-18(12-10-17-11-13-19(26-17)21(23)24)20-14-6-8-16(9-7-14)25-15-4-2-1-3-5-15/h1-13H,(H,20,22)/b12-10+. The van der Waals surface area contributed by atoms with Crippen molar-refractivity contribution < 1.29 is 14.5 Å². The number of nitrogens with zero attached hydrogens (tertiary/aromatic N) is 1. The van der Waals surface area contributed by atoms with E-state index in [2.05, 4.69) is 5.32 Å². The fourth-order valence-electron chi connectivity index (χ4n) is 2.10. The van der Waals surface area contributed by atoms with Crippen LogP contribution in [0.4, 0.5) is 10.7 Å². The number of ether oxygens (including phenoxy) is 1. The van der Waals surface area contributed by atoms with Gasteiger partial charge in [0.15, 0.2) is 0 Å². The minimum atomic E-state index is -0.457. The molecule has 1 N–H and O–H groups in total. The lowest BCUT2D eigenvalue weighted by Gasteiger charge is -2.07. The summed E-state index contributed by atoms with van der Waals surface area (Å²) in [5, 5.41) is 13.4. The molecule has 0 aliphatic rings. The molecule has 1 heterocycles. The highest BCUT2D eigenvalue weighted by molar-refractivity contribution is 7.16. The van der Waals surface area contributed by atoms with Crippen molar-refractivity contribution in [1.29, 1.82) is 0 Å². The van der Waals surface area contributed by atoms with Gasteiger partial charge in [0.25, 0.3) is 0 Å². The van der Waals surface area contributed by atoms with Crippen LogP contribution in [0.2, 0.25) is 0 Å². The van der Waals surface area contributed by atoms with E-state index in [-0.39, 0.29) is 10.9 Å². The second-order valence-electron chi connectivity index (χ2n) is 5.20. The smallest absolute Gasteiger partial charge is 0.324 e. The molecule has 0 saturated carbocycles. The average Bonchev–Trinajstić information content (AvgIpc) is 3.12. The Morgan fingerprint density at radius 1 is 1.00 bits per heavy atom. The van der Waals surface area contributed by atoms with Gasteiger partial charge in [-0.2, -0.15) is 0 Å². The number of benzene rings is 2. The topological polar surface area (TPSA) is 81.5 Å². The molecule has 0 aliphatic heterocycles. The van der Waals surface area contributed by atoms with Gasteiger partial charge in [0, 0.05) is 22.7 Å². The monoisotopic (exact) mass is 366 g/mol. The van der Waals surface area contributed by atoms with Gasteiger partial charge in [-0.3, -0.25) is 14.9 Å². The molecule has 3 rings (SSSR count). The molecule has 0 fully saturated rings. The molecule has 0 aliphatic carbocycles. The molecule has 6 nitrogen and oxygen atoms in total. The van der Waals surface area contributed by atoms with E-state index < -0.39 is 4.92 Å². The lowest BCUT2D eigenvalue weighted by Crippen LogP contribution is -2.07. The first-order valence-electron chi connectivity index (χ1n) is 7.66. The van der Waals surface area contributed by atoms with Crippen molar-refractivity contribution in [3.63, 3.8) is 0 Å². The zero-order chi connectivity index (χ0) is 18.4. The number of para-hydroxylation sites is 1. The van der Waals surface area contributed by atoms with Gasteiger partial charge in [-0.25, -0.2) is 0 Å². The summed E-state index contributed by atoms with van der Waals surface area (Å²) < 4.78 is 5.68. The van der Waals surface area contributed by atoms with Gasteiger partial charge in [0.2, 0.25) is 5.91 Å². The number of carbonyl (C=O) groups excluding carboxylic acids is 1. The first-order chi connectivity index (χ1) is 12.6. The van der Waals surface area contributed by atoms with E-state index in [4.69, 9.17) is 4.74 Å². The number of nitro groups is 1. The van der Waals surface area contributed by atoms with Gasteiger partial charge in [0.1, 0.15) is 11.5 Å². The quantitative estimate of drug-likeness (QED) is 0.374. The number of amides is 1. The molecule has 0 bridgehead atoms. The molecule has 1 aromatic heterocycles. The van der Waals surface area contributed by atoms with E-state index in [9.17, 15) is 14.9 Å². The number of nitrogens with one attached hydrogen (secondary N) is 1. The number of carbonyl (C=O) groups is 1. The lowest BCUT2D eigenvalue weighted by molar-refractivity contribution is -0.380. The van der Waals surface area contributed by atoms with Crippen LogP contribution in [0.3, 0.4) is 0 Å². The Bertz CT molecular complexity index is 934. The van der Waals surface area contributed by atoms with Crippen LogP contribution in [0.5, 0.6) is 11.5 Å². The summed E-state index contributed by atoms with van der Waals surface area (Å²) in [5.41, 5.74) is 0.622. The normalized spacial score (nSPS) is 10.6. The second-order valence-corrected chi connectivity index (χ2v) is 6.29. The molecule has 7 heteroatoms. The van der Waals surface area contributed by atoms with E-state index in [1.54, 1.807) is 36.4 Å². The Morgan fingerprint density at radius 2 is 1.69 bits per heavy atom. The van der Waals surface area contributed by atoms with Crippen molar-refractivity contribution in [2.45, 2.75) is 0 Å². The summed E-state index contributed by atoms with van der Waals surface area (Å²) in [4.78, 5) is 22.8. The molecule has 26 heavy (non-hydrogen) atoms. The number of rotatable bonds is 6. The largest absolute Gasteiger partial charge is 0.457 e. The Morgan fingerprint density at radius 3 is 2.35 bits per heavy atom. The van der Waals surface area contributed by atoms with Crippen LogP contribution in [0, 0.1) is 10.1 Å². The van der Waals surface area contributed by atoms with E-state index in [1.165, 1.54) is 12.1 Å². The van der Waals surface area contributed by atoms with Crippen LogP contribution in [-0.4, -0.2) is 10.8 Å². The Kier molecular flexibility index (Phi) is 5.40. The van der Waals surface area contributed by atoms with Crippen LogP contribution in [0.15, 0.2) is 72.8 Å². The number of hydrogen-bond acceptors (Lipinski definition) is 5. The van der Waals surface area contributed by atoms with Gasteiger partial charge in [-0.15, -0.1) is 0 Å². The van der Waals surface area contributed by atoms with Gasteiger partial charge >= 0.3 is 5.00 Å². The fraction of sp³-hybridized carbons (Fsp3) is 0. The first-order valence-corrected chi connectivity index (χ1v) is 8.48. The van der Waals surface area contributed by atoms with Crippen LogP contribution >= 0.6 is 11.3 Å². The summed E-state index contributed by atoms with van der Waals surface area (Å²) in [6.07, 6.45) is 2.88. The SMILES string of the molecule is O=C(/C=C/c1ccc([N+](=O)[O-])s1)Nc1ccc(Oc2ccccc2)cc1. The zero-order valence-electron chi connectivity index (χ0n) is 13.5. The minimum Gasteiger partial charge on any atom is -0.457 e. The summed E-state index contributed by atoms with van der Waals surface area (Å²) in [5.74, 6) is 1.07. The summed E-state index contributed by atoms with van der Waals surface area (Å²) in [6, 6.07) is 19.4. The summed E-state index contributed by atoms with van der Waals surface area (Å²) in [6.45, 7) is 0. The predicted octanol–water partition coefficient (Wildman–Crippen LogP) is 5.10. The van der Waals surface area contributed by atoms with E-state index >= 15 is 0 Å². The van der Waals surface area contributed by atoms with Crippen molar-refractivity contribution in [1.82, 2.24) is 0 Å². The van der Waals surface area contributed by atoms with Gasteiger partial charge < -0.3 is 10.1 Å². The third-order valence-electron chi connectivity index (χ3n) is 3.29. The second kappa shape index (κ2) is 8.09. The zero-order valence-corrected chi connectivity index (χ0v) is 14.3. The molecule has 130 valence electrons. The fourth-order valence-corrected chi connectivity index (χ4v) is 2.83. The molecule has 0 unspecified atom stereocenters. The molecular weight excluding hydrogens is 352 g/mol. The maximum atomic E-state index is 11.9. The first kappa shape index (κ1) is 17.4. The van der Waals surface area contributed by atoms with Crippen LogP contribution in [0.25, 0.3) is 6.08 Å². The molecular formula is C19H14N2O4S. The summed E-state index contributed by atoms with van der Waals surface area (Å²) in [7, 11) is 0. The highest BCUT2D eigenvalue weighted by Gasteiger charge is 2.08. The lowest BCUT2D eigenvalue weighted by atomic mass is 10.3. The van der Waals surface area contributed by atoms with E-state index in [0.717, 1.165) is 17.1 Å². The van der Waals surface area contributed by atoms with Crippen LogP contribution < -0.4 is 10.1 Å². The Labute approximate surface area is 153 Å². The maximum absolute atomic E-state index is 11.9. The highest BCUT2D eigenvalue weighted by atomic mass is 32.1. The molecule has 0 radical (unpaired) electrons. The third kappa shape index (κ3) is 4.78. The minimum absolute atomic E-state index is 0.0408. The average molecular weight is 366 g/mol. The molecule has 1 amide bonds. The molecule has 0 spiro atoms. The van der Waals surface area contributed by atoms with Crippen molar-refractivity contribution in [2.75, 3.05) is 5.32 Å². The van der Waals surface area contributed by atoms with Crippen molar-refractivity contribution >= 4 is 34.0 Å². The van der Waals surface area contributed by atoms with Crippen molar-refractivity contribution in [3.05, 3.63) is 87.8 Å². The van der Waals surface area contributed by atoms with E-state index in [0.29, 0.717) is 16.3 Å². The van der Waals surface area contributed by atoms with Crippen LogP contribution in [-0.2, 0) is 4.79 Å². The van der Waals surface area contributed by atoms with Crippen molar-refractivity contribution in [3.8, 4) is 11.5 Å². The third-order valence-corrected chi connectivity index (χ3v) is 4.29. The van der Waals surface area contributed by atoms with Gasteiger partial charge in [-0.05, 0) is 48.5 Å². The molecule has 3 aromatic rings. The van der Waals surface area contributed by atoms with Crippen molar-refractivity contribution in [2.24, 2.45) is 0 Å².